The van der Waals surface area contributed by atoms with Crippen molar-refractivity contribution in [2.45, 2.75) is 26.9 Å². The van der Waals surface area contributed by atoms with Crippen LogP contribution in [0.25, 0.3) is 0 Å². The topological polar surface area (TPSA) is 52.6 Å². The van der Waals surface area contributed by atoms with E-state index in [1.54, 1.807) is 37.3 Å². The van der Waals surface area contributed by atoms with Crippen LogP contribution >= 0.6 is 0 Å². The van der Waals surface area contributed by atoms with Gasteiger partial charge in [-0.2, -0.15) is 0 Å². The zero-order valence-corrected chi connectivity index (χ0v) is 13.8. The summed E-state index contributed by atoms with van der Waals surface area (Å²) in [5.41, 5.74) is 3.04. The van der Waals surface area contributed by atoms with Crippen molar-refractivity contribution in [3.8, 4) is 5.75 Å². The number of hydrogen-bond donors (Lipinski definition) is 0. The molecule has 0 aliphatic carbocycles. The summed E-state index contributed by atoms with van der Waals surface area (Å²) >= 11 is 0. The second kappa shape index (κ2) is 7.09. The van der Waals surface area contributed by atoms with E-state index in [1.165, 1.54) is 7.11 Å². The second-order valence-electron chi connectivity index (χ2n) is 5.44. The number of Topliss-reactive ketones (excluding diaryl/α,β-unsaturated/α-hetero) is 1. The summed E-state index contributed by atoms with van der Waals surface area (Å²) in [5.74, 6) is -0.203. The molecule has 0 heterocycles. The molecule has 0 unspecified atom stereocenters. The number of carbonyl (C=O) groups is 2. The molecule has 2 aromatic carbocycles. The lowest BCUT2D eigenvalue weighted by Gasteiger charge is -2.13. The highest BCUT2D eigenvalue weighted by Gasteiger charge is 2.21. The molecule has 0 saturated heterocycles. The van der Waals surface area contributed by atoms with Crippen LogP contribution in [0, 0.1) is 13.8 Å². The summed E-state index contributed by atoms with van der Waals surface area (Å²) in [4.78, 5) is 24.5. The SMILES string of the molecule is COc1cccc(C(=O)O[C@@H](C)C(=O)c2ccc(C)c(C)c2)c1. The van der Waals surface area contributed by atoms with Gasteiger partial charge in [-0.3, -0.25) is 4.79 Å². The molecule has 0 N–H and O–H groups in total. The van der Waals surface area contributed by atoms with Gasteiger partial charge < -0.3 is 9.47 Å². The minimum atomic E-state index is -0.851. The van der Waals surface area contributed by atoms with Gasteiger partial charge in [0.15, 0.2) is 6.10 Å². The largest absolute Gasteiger partial charge is 0.497 e. The molecule has 0 radical (unpaired) electrons. The maximum absolute atomic E-state index is 12.4. The fourth-order valence-corrected chi connectivity index (χ4v) is 2.16. The molecule has 0 amide bonds. The first-order chi connectivity index (χ1) is 10.9. The Morgan fingerprint density at radius 2 is 1.70 bits per heavy atom. The number of hydrogen-bond acceptors (Lipinski definition) is 4. The summed E-state index contributed by atoms with van der Waals surface area (Å²) in [7, 11) is 1.52. The molecule has 23 heavy (non-hydrogen) atoms. The third kappa shape index (κ3) is 3.97. The molecular weight excluding hydrogens is 292 g/mol. The van der Waals surface area contributed by atoms with Crippen molar-refractivity contribution in [2.75, 3.05) is 7.11 Å². The van der Waals surface area contributed by atoms with Crippen molar-refractivity contribution in [3.63, 3.8) is 0 Å². The Morgan fingerprint density at radius 1 is 0.957 bits per heavy atom. The number of benzene rings is 2. The molecule has 1 atom stereocenters. The van der Waals surface area contributed by atoms with Gasteiger partial charge >= 0.3 is 5.97 Å². The quantitative estimate of drug-likeness (QED) is 0.623. The molecule has 4 heteroatoms. The Bertz CT molecular complexity index is 734. The number of ether oxygens (including phenoxy) is 2. The molecular formula is C19H20O4. The van der Waals surface area contributed by atoms with Crippen molar-refractivity contribution in [1.29, 1.82) is 0 Å². The summed E-state index contributed by atoms with van der Waals surface area (Å²) in [6.45, 7) is 5.50. The monoisotopic (exact) mass is 312 g/mol. The lowest BCUT2D eigenvalue weighted by Crippen LogP contribution is -2.24. The lowest BCUT2D eigenvalue weighted by molar-refractivity contribution is 0.0318. The molecule has 2 rings (SSSR count). The second-order valence-corrected chi connectivity index (χ2v) is 5.44. The third-order valence-electron chi connectivity index (χ3n) is 3.75. The van der Waals surface area contributed by atoms with Gasteiger partial charge in [-0.25, -0.2) is 4.79 Å². The van der Waals surface area contributed by atoms with Gasteiger partial charge in [0, 0.05) is 5.56 Å². The molecule has 120 valence electrons. The molecule has 2 aromatic rings. The van der Waals surface area contributed by atoms with Gasteiger partial charge in [0.1, 0.15) is 5.75 Å². The summed E-state index contributed by atoms with van der Waals surface area (Å²) in [6.07, 6.45) is -0.851. The van der Waals surface area contributed by atoms with Crippen molar-refractivity contribution < 1.29 is 19.1 Å². The lowest BCUT2D eigenvalue weighted by atomic mass is 10.0. The first-order valence-electron chi connectivity index (χ1n) is 7.39. The van der Waals surface area contributed by atoms with E-state index in [-0.39, 0.29) is 5.78 Å². The molecule has 0 spiro atoms. The molecule has 0 bridgehead atoms. The van der Waals surface area contributed by atoms with Crippen LogP contribution in [-0.2, 0) is 4.74 Å². The van der Waals surface area contributed by atoms with Gasteiger partial charge in [-0.15, -0.1) is 0 Å². The molecule has 0 saturated carbocycles. The van der Waals surface area contributed by atoms with Gasteiger partial charge in [-0.1, -0.05) is 18.2 Å². The Hall–Kier alpha value is -2.62. The first-order valence-corrected chi connectivity index (χ1v) is 7.39. The average molecular weight is 312 g/mol. The van der Waals surface area contributed by atoms with E-state index in [0.29, 0.717) is 16.9 Å². The Balaban J connectivity index is 2.10. The minimum absolute atomic E-state index is 0.218. The predicted octanol–water partition coefficient (Wildman–Crippen LogP) is 3.74. The Morgan fingerprint density at radius 3 is 2.35 bits per heavy atom. The standard InChI is InChI=1S/C19H20O4/c1-12-8-9-15(10-13(12)2)18(20)14(3)23-19(21)16-6-5-7-17(11-16)22-4/h5-11,14H,1-4H3/t14-/m0/s1. The van der Waals surface area contributed by atoms with Crippen molar-refractivity contribution in [2.24, 2.45) is 0 Å². The van der Waals surface area contributed by atoms with Crippen LogP contribution in [0.3, 0.4) is 0 Å². The molecule has 0 aromatic heterocycles. The molecule has 0 aliphatic rings. The van der Waals surface area contributed by atoms with Crippen LogP contribution in [0.2, 0.25) is 0 Å². The Labute approximate surface area is 136 Å². The smallest absolute Gasteiger partial charge is 0.338 e. The van der Waals surface area contributed by atoms with Crippen molar-refractivity contribution in [3.05, 3.63) is 64.7 Å². The van der Waals surface area contributed by atoms with Crippen molar-refractivity contribution in [1.82, 2.24) is 0 Å². The number of aryl methyl sites for hydroxylation is 2. The number of rotatable bonds is 5. The average Bonchev–Trinajstić information content (AvgIpc) is 2.56. The van der Waals surface area contributed by atoms with E-state index in [2.05, 4.69) is 0 Å². The first kappa shape index (κ1) is 16.7. The Kier molecular flexibility index (Phi) is 5.16. The fourth-order valence-electron chi connectivity index (χ4n) is 2.16. The summed E-state index contributed by atoms with van der Waals surface area (Å²) in [5, 5.41) is 0. The van der Waals surface area contributed by atoms with Gasteiger partial charge in [0.2, 0.25) is 5.78 Å². The number of carbonyl (C=O) groups excluding carboxylic acids is 2. The van der Waals surface area contributed by atoms with E-state index in [0.717, 1.165) is 11.1 Å². The van der Waals surface area contributed by atoms with Gasteiger partial charge in [0.25, 0.3) is 0 Å². The maximum atomic E-state index is 12.4. The fraction of sp³-hybridized carbons (Fsp3) is 0.263. The third-order valence-corrected chi connectivity index (χ3v) is 3.75. The highest BCUT2D eigenvalue weighted by Crippen LogP contribution is 2.16. The number of ketones is 1. The van der Waals surface area contributed by atoms with E-state index in [1.807, 2.05) is 26.0 Å². The van der Waals surface area contributed by atoms with Crippen LogP contribution in [0.15, 0.2) is 42.5 Å². The van der Waals surface area contributed by atoms with Crippen LogP contribution in [0.5, 0.6) is 5.75 Å². The van der Waals surface area contributed by atoms with Gasteiger partial charge in [-0.05, 0) is 56.2 Å². The highest BCUT2D eigenvalue weighted by atomic mass is 16.5. The van der Waals surface area contributed by atoms with E-state index >= 15 is 0 Å². The normalized spacial score (nSPS) is 11.7. The summed E-state index contributed by atoms with van der Waals surface area (Å²) < 4.78 is 10.4. The molecule has 0 aliphatic heterocycles. The zero-order chi connectivity index (χ0) is 17.0. The molecule has 0 fully saturated rings. The zero-order valence-electron chi connectivity index (χ0n) is 13.8. The van der Waals surface area contributed by atoms with Gasteiger partial charge in [0.05, 0.1) is 12.7 Å². The highest BCUT2D eigenvalue weighted by molar-refractivity contribution is 6.01. The number of esters is 1. The maximum Gasteiger partial charge on any atom is 0.338 e. The minimum Gasteiger partial charge on any atom is -0.497 e. The molecule has 4 nitrogen and oxygen atoms in total. The van der Waals surface area contributed by atoms with E-state index in [4.69, 9.17) is 9.47 Å². The summed E-state index contributed by atoms with van der Waals surface area (Å²) in [6, 6.07) is 12.1. The van der Waals surface area contributed by atoms with E-state index < -0.39 is 12.1 Å². The van der Waals surface area contributed by atoms with Crippen LogP contribution in [-0.4, -0.2) is 25.0 Å². The van der Waals surface area contributed by atoms with Crippen LogP contribution in [0.4, 0.5) is 0 Å². The van der Waals surface area contributed by atoms with Crippen LogP contribution < -0.4 is 4.74 Å². The number of methoxy groups -OCH3 is 1. The predicted molar refractivity (Wildman–Crippen MR) is 88.1 cm³/mol. The van der Waals surface area contributed by atoms with E-state index in [9.17, 15) is 9.59 Å². The van der Waals surface area contributed by atoms with Crippen molar-refractivity contribution >= 4 is 11.8 Å². The van der Waals surface area contributed by atoms with Crippen LogP contribution in [0.1, 0.15) is 38.8 Å².